The summed E-state index contributed by atoms with van der Waals surface area (Å²) in [4.78, 5) is 14.8. The molecule has 0 aliphatic heterocycles. The van der Waals surface area contributed by atoms with Gasteiger partial charge in [0, 0.05) is 13.3 Å². The van der Waals surface area contributed by atoms with Crippen LogP contribution in [0.1, 0.15) is 11.0 Å². The average molecular weight is 173 g/mol. The molecule has 0 unspecified atom stereocenters. The number of hydrogen-bond acceptors (Lipinski definition) is 4. The number of methoxy groups -OCH3 is 1. The van der Waals surface area contributed by atoms with Gasteiger partial charge in [0.15, 0.2) is 6.10 Å². The molecule has 1 atom stereocenters. The minimum atomic E-state index is -0.989. The highest BCUT2D eigenvalue weighted by molar-refractivity contribution is 7.09. The molecule has 1 aromatic rings. The third-order valence-corrected chi connectivity index (χ3v) is 1.99. The molecule has 1 heterocycles. The van der Waals surface area contributed by atoms with Crippen LogP contribution < -0.4 is 0 Å². The molecule has 0 aromatic carbocycles. The molecule has 1 rings (SSSR count). The van der Waals surface area contributed by atoms with Crippen molar-refractivity contribution in [3.63, 3.8) is 0 Å². The van der Waals surface area contributed by atoms with Gasteiger partial charge in [-0.3, -0.25) is 4.98 Å². The topological polar surface area (TPSA) is 59.4 Å². The fourth-order valence-electron chi connectivity index (χ4n) is 0.694. The predicted octanol–water partition coefficient (Wildman–Crippen LogP) is 0.915. The van der Waals surface area contributed by atoms with Gasteiger partial charge in [0.1, 0.15) is 0 Å². The van der Waals surface area contributed by atoms with Gasteiger partial charge in [0.05, 0.1) is 10.4 Å². The molecule has 0 aliphatic rings. The fraction of sp³-hybridized carbons (Fsp3) is 0.333. The maximum absolute atomic E-state index is 10.5. The van der Waals surface area contributed by atoms with Crippen molar-refractivity contribution in [1.29, 1.82) is 0 Å². The molecule has 0 saturated carbocycles. The average Bonchev–Trinajstić information content (AvgIpc) is 2.40. The minimum absolute atomic E-state index is 0.611. The predicted molar refractivity (Wildman–Crippen MR) is 39.5 cm³/mol. The maximum atomic E-state index is 10.5. The lowest BCUT2D eigenvalue weighted by molar-refractivity contribution is -0.148. The number of carboxylic acids is 1. The van der Waals surface area contributed by atoms with Gasteiger partial charge in [0.25, 0.3) is 0 Å². The van der Waals surface area contributed by atoms with Crippen molar-refractivity contribution in [1.82, 2.24) is 4.98 Å². The third kappa shape index (κ3) is 1.75. The number of nitrogens with zero attached hydrogens (tertiary/aromatic N) is 1. The highest BCUT2D eigenvalue weighted by Gasteiger charge is 2.19. The zero-order valence-corrected chi connectivity index (χ0v) is 6.67. The van der Waals surface area contributed by atoms with Crippen LogP contribution >= 0.6 is 11.3 Å². The molecule has 0 radical (unpaired) electrons. The Hall–Kier alpha value is -0.940. The number of ether oxygens (including phenoxy) is 1. The summed E-state index contributed by atoms with van der Waals surface area (Å²) < 4.78 is 4.73. The van der Waals surface area contributed by atoms with Gasteiger partial charge in [-0.05, 0) is 0 Å². The van der Waals surface area contributed by atoms with Crippen LogP contribution in [0.5, 0.6) is 0 Å². The van der Waals surface area contributed by atoms with E-state index < -0.39 is 12.1 Å². The Morgan fingerprint density at radius 2 is 2.64 bits per heavy atom. The van der Waals surface area contributed by atoms with Crippen molar-refractivity contribution < 1.29 is 14.6 Å². The van der Waals surface area contributed by atoms with Crippen LogP contribution in [-0.2, 0) is 9.53 Å². The first-order valence-electron chi connectivity index (χ1n) is 2.89. The standard InChI is InChI=1S/C6H7NO3S/c1-10-5(6(8)9)4-2-7-3-11-4/h2-3,5H,1H3,(H,8,9)/t5-/m1/s1. The summed E-state index contributed by atoms with van der Waals surface area (Å²) in [5.74, 6) is -0.989. The monoisotopic (exact) mass is 173 g/mol. The Morgan fingerprint density at radius 3 is 3.00 bits per heavy atom. The molecule has 1 aromatic heterocycles. The lowest BCUT2D eigenvalue weighted by Crippen LogP contribution is -2.11. The van der Waals surface area contributed by atoms with Crippen LogP contribution in [0, 0.1) is 0 Å². The fourth-order valence-corrected chi connectivity index (χ4v) is 1.38. The first-order valence-corrected chi connectivity index (χ1v) is 3.77. The number of rotatable bonds is 3. The summed E-state index contributed by atoms with van der Waals surface area (Å²) in [5, 5.41) is 8.60. The van der Waals surface area contributed by atoms with Crippen molar-refractivity contribution in [3.05, 3.63) is 16.6 Å². The smallest absolute Gasteiger partial charge is 0.338 e. The lowest BCUT2D eigenvalue weighted by atomic mass is 10.3. The second-order valence-electron chi connectivity index (χ2n) is 1.86. The van der Waals surface area contributed by atoms with Crippen molar-refractivity contribution in [2.45, 2.75) is 6.10 Å². The Kier molecular flexibility index (Phi) is 2.56. The Morgan fingerprint density at radius 1 is 1.91 bits per heavy atom. The van der Waals surface area contributed by atoms with Crippen molar-refractivity contribution >= 4 is 17.3 Å². The van der Waals surface area contributed by atoms with E-state index in [4.69, 9.17) is 9.84 Å². The van der Waals surface area contributed by atoms with Gasteiger partial charge >= 0.3 is 5.97 Å². The highest BCUT2D eigenvalue weighted by Crippen LogP contribution is 2.19. The van der Waals surface area contributed by atoms with Crippen LogP contribution in [0.15, 0.2) is 11.7 Å². The molecule has 0 aliphatic carbocycles. The molecule has 60 valence electrons. The molecule has 11 heavy (non-hydrogen) atoms. The van der Waals surface area contributed by atoms with E-state index >= 15 is 0 Å². The summed E-state index contributed by atoms with van der Waals surface area (Å²) in [7, 11) is 1.36. The van der Waals surface area contributed by atoms with Gasteiger partial charge in [-0.2, -0.15) is 0 Å². The molecule has 0 spiro atoms. The number of carbonyl (C=O) groups is 1. The lowest BCUT2D eigenvalue weighted by Gasteiger charge is -2.05. The molecular formula is C6H7NO3S. The molecule has 0 amide bonds. The van der Waals surface area contributed by atoms with Crippen LogP contribution in [0.4, 0.5) is 0 Å². The second kappa shape index (κ2) is 3.45. The summed E-state index contributed by atoms with van der Waals surface area (Å²) in [6.45, 7) is 0. The third-order valence-electron chi connectivity index (χ3n) is 1.17. The Balaban J connectivity index is 2.79. The number of aromatic nitrogens is 1. The van der Waals surface area contributed by atoms with Crippen molar-refractivity contribution in [2.24, 2.45) is 0 Å². The van der Waals surface area contributed by atoms with E-state index in [9.17, 15) is 4.79 Å². The maximum Gasteiger partial charge on any atom is 0.338 e. The van der Waals surface area contributed by atoms with E-state index in [0.717, 1.165) is 0 Å². The van der Waals surface area contributed by atoms with E-state index in [1.807, 2.05) is 0 Å². The van der Waals surface area contributed by atoms with Crippen molar-refractivity contribution in [2.75, 3.05) is 7.11 Å². The zero-order chi connectivity index (χ0) is 8.27. The second-order valence-corrected chi connectivity index (χ2v) is 2.78. The van der Waals surface area contributed by atoms with Crippen LogP contribution in [-0.4, -0.2) is 23.2 Å². The normalized spacial score (nSPS) is 12.8. The Bertz CT molecular complexity index is 234. The molecule has 5 heteroatoms. The van der Waals surface area contributed by atoms with Crippen molar-refractivity contribution in [3.8, 4) is 0 Å². The van der Waals surface area contributed by atoms with Gasteiger partial charge < -0.3 is 9.84 Å². The summed E-state index contributed by atoms with van der Waals surface area (Å²) >= 11 is 1.27. The summed E-state index contributed by atoms with van der Waals surface area (Å²) in [6.07, 6.45) is 0.620. The highest BCUT2D eigenvalue weighted by atomic mass is 32.1. The quantitative estimate of drug-likeness (QED) is 0.738. The zero-order valence-electron chi connectivity index (χ0n) is 5.85. The number of hydrogen-bond donors (Lipinski definition) is 1. The molecule has 0 fully saturated rings. The first kappa shape index (κ1) is 8.16. The number of aliphatic carboxylic acids is 1. The first-order chi connectivity index (χ1) is 5.25. The van der Waals surface area contributed by atoms with Crippen LogP contribution in [0.2, 0.25) is 0 Å². The molecule has 1 N–H and O–H groups in total. The van der Waals surface area contributed by atoms with E-state index in [-0.39, 0.29) is 0 Å². The summed E-state index contributed by atoms with van der Waals surface area (Å²) in [6, 6.07) is 0. The minimum Gasteiger partial charge on any atom is -0.479 e. The van der Waals surface area contributed by atoms with Gasteiger partial charge in [0.2, 0.25) is 0 Å². The number of carboxylic acid groups (broad SMARTS) is 1. The number of thiazole rings is 1. The summed E-state index contributed by atoms with van der Waals surface area (Å²) in [5.41, 5.74) is 1.57. The van der Waals surface area contributed by atoms with Crippen LogP contribution in [0.3, 0.4) is 0 Å². The van der Waals surface area contributed by atoms with Gasteiger partial charge in [-0.1, -0.05) is 0 Å². The SMILES string of the molecule is CO[C@@H](C(=O)O)c1cncs1. The molecule has 0 bridgehead atoms. The van der Waals surface area contributed by atoms with Gasteiger partial charge in [-0.15, -0.1) is 11.3 Å². The Labute approximate surface area is 67.5 Å². The van der Waals surface area contributed by atoms with E-state index in [1.54, 1.807) is 5.51 Å². The van der Waals surface area contributed by atoms with E-state index in [0.29, 0.717) is 4.88 Å². The molecular weight excluding hydrogens is 166 g/mol. The van der Waals surface area contributed by atoms with Crippen LogP contribution in [0.25, 0.3) is 0 Å². The largest absolute Gasteiger partial charge is 0.479 e. The van der Waals surface area contributed by atoms with E-state index in [1.165, 1.54) is 24.6 Å². The van der Waals surface area contributed by atoms with E-state index in [2.05, 4.69) is 4.98 Å². The van der Waals surface area contributed by atoms with Gasteiger partial charge in [-0.25, -0.2) is 4.79 Å². The molecule has 0 saturated heterocycles. The molecule has 4 nitrogen and oxygen atoms in total.